The second kappa shape index (κ2) is 8.58. The topological polar surface area (TPSA) is 44.5 Å². The zero-order valence-corrected chi connectivity index (χ0v) is 12.0. The number of rotatable bonds is 6. The van der Waals surface area contributed by atoms with E-state index in [2.05, 4.69) is 25.7 Å². The molecule has 0 heterocycles. The van der Waals surface area contributed by atoms with Crippen LogP contribution in [-0.4, -0.2) is 26.4 Å². The highest BCUT2D eigenvalue weighted by Crippen LogP contribution is 2.18. The Hall–Kier alpha value is -1.50. The molecule has 0 saturated carbocycles. The van der Waals surface area contributed by atoms with Crippen LogP contribution in [0.1, 0.15) is 25.0 Å². The second-order valence-electron chi connectivity index (χ2n) is 4.80. The van der Waals surface area contributed by atoms with Gasteiger partial charge in [-0.3, -0.25) is 0 Å². The summed E-state index contributed by atoms with van der Waals surface area (Å²) in [6.07, 6.45) is 0. The molecule has 0 saturated heterocycles. The first-order valence-electron chi connectivity index (χ1n) is 6.63. The lowest BCUT2D eigenvalue weighted by Crippen LogP contribution is -2.10. The molecule has 0 aliphatic heterocycles. The lowest BCUT2D eigenvalue weighted by atomic mass is 10.1. The maximum atomic E-state index is 5.68. The summed E-state index contributed by atoms with van der Waals surface area (Å²) in [5, 5.41) is 0. The van der Waals surface area contributed by atoms with Crippen LogP contribution in [0, 0.1) is 24.7 Å². The molecular weight excluding hydrogens is 238 g/mol. The molecule has 0 atom stereocenters. The molecule has 3 heteroatoms. The Labute approximate surface area is 116 Å². The Bertz CT molecular complexity index is 444. The molecule has 104 valence electrons. The summed E-state index contributed by atoms with van der Waals surface area (Å²) in [5.41, 5.74) is 7.39. The smallest absolute Gasteiger partial charge is 0.122 e. The summed E-state index contributed by atoms with van der Waals surface area (Å²) in [7, 11) is 0. The summed E-state index contributed by atoms with van der Waals surface area (Å²) in [6, 6.07) is 5.89. The zero-order valence-electron chi connectivity index (χ0n) is 12.0. The SMILES string of the molecule is Cc1cc(C#CCN)ccc1OCCOCC(C)C. The third kappa shape index (κ3) is 6.28. The van der Waals surface area contributed by atoms with Gasteiger partial charge in [0.2, 0.25) is 0 Å². The van der Waals surface area contributed by atoms with E-state index in [4.69, 9.17) is 15.2 Å². The van der Waals surface area contributed by atoms with Gasteiger partial charge in [0, 0.05) is 12.2 Å². The molecule has 0 radical (unpaired) electrons. The third-order valence-corrected chi connectivity index (χ3v) is 2.45. The van der Waals surface area contributed by atoms with Crippen molar-refractivity contribution in [3.8, 4) is 17.6 Å². The summed E-state index contributed by atoms with van der Waals surface area (Å²) in [5.74, 6) is 7.28. The van der Waals surface area contributed by atoms with Gasteiger partial charge in [-0.1, -0.05) is 25.7 Å². The van der Waals surface area contributed by atoms with Crippen LogP contribution in [-0.2, 0) is 4.74 Å². The van der Waals surface area contributed by atoms with Crippen LogP contribution in [0.2, 0.25) is 0 Å². The quantitative estimate of drug-likeness (QED) is 0.631. The number of ether oxygens (including phenoxy) is 2. The van der Waals surface area contributed by atoms with Crippen molar-refractivity contribution < 1.29 is 9.47 Å². The Balaban J connectivity index is 2.42. The maximum Gasteiger partial charge on any atom is 0.122 e. The van der Waals surface area contributed by atoms with Gasteiger partial charge in [-0.25, -0.2) is 0 Å². The first-order chi connectivity index (χ1) is 9.13. The Morgan fingerprint density at radius 1 is 1.26 bits per heavy atom. The number of benzene rings is 1. The van der Waals surface area contributed by atoms with Crippen molar-refractivity contribution in [1.82, 2.24) is 0 Å². The first kappa shape index (κ1) is 15.6. The van der Waals surface area contributed by atoms with Gasteiger partial charge in [-0.2, -0.15) is 0 Å². The normalized spacial score (nSPS) is 10.2. The van der Waals surface area contributed by atoms with Gasteiger partial charge in [0.1, 0.15) is 12.4 Å². The molecule has 0 fully saturated rings. The molecule has 0 aliphatic rings. The van der Waals surface area contributed by atoms with Gasteiger partial charge in [0.25, 0.3) is 0 Å². The van der Waals surface area contributed by atoms with Crippen molar-refractivity contribution in [2.45, 2.75) is 20.8 Å². The molecule has 0 bridgehead atoms. The molecule has 0 unspecified atom stereocenters. The minimum Gasteiger partial charge on any atom is -0.491 e. The van der Waals surface area contributed by atoms with Crippen molar-refractivity contribution in [3.05, 3.63) is 29.3 Å². The van der Waals surface area contributed by atoms with E-state index in [9.17, 15) is 0 Å². The van der Waals surface area contributed by atoms with Crippen molar-refractivity contribution in [3.63, 3.8) is 0 Å². The Kier molecular flexibility index (Phi) is 7.02. The molecule has 0 spiro atoms. The maximum absolute atomic E-state index is 5.68. The van der Waals surface area contributed by atoms with E-state index in [-0.39, 0.29) is 0 Å². The summed E-state index contributed by atoms with van der Waals surface area (Å²) in [4.78, 5) is 0. The molecule has 3 nitrogen and oxygen atoms in total. The summed E-state index contributed by atoms with van der Waals surface area (Å²) < 4.78 is 11.2. The molecule has 2 N–H and O–H groups in total. The molecule has 19 heavy (non-hydrogen) atoms. The van der Waals surface area contributed by atoms with Gasteiger partial charge >= 0.3 is 0 Å². The predicted molar refractivity (Wildman–Crippen MR) is 78.3 cm³/mol. The molecule has 1 aromatic rings. The van der Waals surface area contributed by atoms with E-state index >= 15 is 0 Å². The predicted octanol–water partition coefficient (Wildman–Crippen LogP) is 2.36. The van der Waals surface area contributed by atoms with Gasteiger partial charge in [0.05, 0.1) is 13.2 Å². The third-order valence-electron chi connectivity index (χ3n) is 2.45. The van der Waals surface area contributed by atoms with E-state index in [0.29, 0.717) is 25.7 Å². The molecule has 1 aromatic carbocycles. The number of nitrogens with two attached hydrogens (primary N) is 1. The molecule has 1 rings (SSSR count). The van der Waals surface area contributed by atoms with E-state index in [0.717, 1.165) is 23.5 Å². The number of hydrogen-bond acceptors (Lipinski definition) is 3. The second-order valence-corrected chi connectivity index (χ2v) is 4.80. The van der Waals surface area contributed by atoms with Crippen molar-refractivity contribution in [2.24, 2.45) is 11.7 Å². The fraction of sp³-hybridized carbons (Fsp3) is 0.500. The Morgan fingerprint density at radius 2 is 2.05 bits per heavy atom. The van der Waals surface area contributed by atoms with Crippen molar-refractivity contribution in [2.75, 3.05) is 26.4 Å². The van der Waals surface area contributed by atoms with Crippen molar-refractivity contribution in [1.29, 1.82) is 0 Å². The van der Waals surface area contributed by atoms with Gasteiger partial charge in [-0.15, -0.1) is 0 Å². The molecule has 0 aromatic heterocycles. The first-order valence-corrected chi connectivity index (χ1v) is 6.63. The monoisotopic (exact) mass is 261 g/mol. The van der Waals surface area contributed by atoms with Crippen LogP contribution in [0.3, 0.4) is 0 Å². The molecule has 0 aliphatic carbocycles. The van der Waals surface area contributed by atoms with E-state index in [1.165, 1.54) is 0 Å². The molecular formula is C16H23NO2. The minimum absolute atomic E-state index is 0.379. The van der Waals surface area contributed by atoms with Crippen LogP contribution in [0.5, 0.6) is 5.75 Å². The average Bonchev–Trinajstić information content (AvgIpc) is 2.37. The van der Waals surface area contributed by atoms with E-state index < -0.39 is 0 Å². The lowest BCUT2D eigenvalue weighted by molar-refractivity contribution is 0.0817. The minimum atomic E-state index is 0.379. The number of aryl methyl sites for hydroxylation is 1. The van der Waals surface area contributed by atoms with Gasteiger partial charge in [-0.05, 0) is 36.6 Å². The summed E-state index contributed by atoms with van der Waals surface area (Å²) in [6.45, 7) is 8.62. The standard InChI is InChI=1S/C16H23NO2/c1-13(2)12-18-9-10-19-16-7-6-15(5-4-8-17)11-14(16)3/h6-7,11,13H,8-10,12,17H2,1-3H3. The van der Waals surface area contributed by atoms with Crippen molar-refractivity contribution >= 4 is 0 Å². The zero-order chi connectivity index (χ0) is 14.1. The highest BCUT2D eigenvalue weighted by Gasteiger charge is 2.00. The fourth-order valence-corrected chi connectivity index (χ4v) is 1.57. The highest BCUT2D eigenvalue weighted by molar-refractivity contribution is 5.43. The Morgan fingerprint density at radius 3 is 2.68 bits per heavy atom. The van der Waals surface area contributed by atoms with Crippen LogP contribution in [0.25, 0.3) is 0 Å². The van der Waals surface area contributed by atoms with Crippen LogP contribution in [0.4, 0.5) is 0 Å². The largest absolute Gasteiger partial charge is 0.491 e. The van der Waals surface area contributed by atoms with E-state index in [1.807, 2.05) is 25.1 Å². The van der Waals surface area contributed by atoms with Gasteiger partial charge < -0.3 is 15.2 Å². The highest BCUT2D eigenvalue weighted by atomic mass is 16.5. The average molecular weight is 261 g/mol. The fourth-order valence-electron chi connectivity index (χ4n) is 1.57. The van der Waals surface area contributed by atoms with Crippen LogP contribution in [0.15, 0.2) is 18.2 Å². The summed E-state index contributed by atoms with van der Waals surface area (Å²) >= 11 is 0. The molecule has 0 amide bonds. The van der Waals surface area contributed by atoms with Crippen LogP contribution < -0.4 is 10.5 Å². The van der Waals surface area contributed by atoms with Gasteiger partial charge in [0.15, 0.2) is 0 Å². The number of hydrogen-bond donors (Lipinski definition) is 1. The van der Waals surface area contributed by atoms with E-state index in [1.54, 1.807) is 0 Å². The van der Waals surface area contributed by atoms with Crippen LogP contribution >= 0.6 is 0 Å². The lowest BCUT2D eigenvalue weighted by Gasteiger charge is -2.10.